The van der Waals surface area contributed by atoms with Gasteiger partial charge in [-0.1, -0.05) is 48.8 Å². The van der Waals surface area contributed by atoms with Crippen LogP contribution in [0.25, 0.3) is 22.5 Å². The van der Waals surface area contributed by atoms with E-state index in [4.69, 9.17) is 4.74 Å². The highest BCUT2D eigenvalue weighted by atomic mass is 16.5. The molecule has 5 rings (SSSR count). The molecule has 10 heteroatoms. The number of benzene rings is 1. The van der Waals surface area contributed by atoms with Crippen LogP contribution in [0, 0.1) is 0 Å². The first-order valence-corrected chi connectivity index (χ1v) is 12.9. The molecule has 1 unspecified atom stereocenters. The molecule has 1 aromatic carbocycles. The van der Waals surface area contributed by atoms with Gasteiger partial charge >= 0.3 is 5.76 Å². The maximum Gasteiger partial charge on any atom is 0.439 e. The largest absolute Gasteiger partial charge is 0.495 e. The fourth-order valence-electron chi connectivity index (χ4n) is 4.65. The molecule has 1 aliphatic rings. The lowest BCUT2D eigenvalue weighted by Gasteiger charge is -2.41. The molecule has 0 saturated carbocycles. The summed E-state index contributed by atoms with van der Waals surface area (Å²) < 4.78 is 9.92. The van der Waals surface area contributed by atoms with E-state index in [2.05, 4.69) is 36.5 Å². The number of aromatic nitrogens is 4. The number of nitrogens with zero attached hydrogens (tertiary/aromatic N) is 5. The molecule has 3 aromatic heterocycles. The quantitative estimate of drug-likeness (QED) is 0.341. The van der Waals surface area contributed by atoms with Gasteiger partial charge in [0.25, 0.3) is 5.91 Å². The molecule has 1 amide bonds. The third-order valence-corrected chi connectivity index (χ3v) is 6.77. The van der Waals surface area contributed by atoms with E-state index in [1.54, 1.807) is 30.5 Å². The molecule has 4 heterocycles. The van der Waals surface area contributed by atoms with E-state index in [1.807, 2.05) is 55.6 Å². The maximum atomic E-state index is 13.7. The number of carbonyl (C=O) groups is 1. The van der Waals surface area contributed by atoms with Gasteiger partial charge in [0.2, 0.25) is 0 Å². The van der Waals surface area contributed by atoms with E-state index < -0.39 is 5.76 Å². The number of carbonyl (C=O) groups excluding carboxylic acids is 1. The Labute approximate surface area is 226 Å². The second-order valence-electron chi connectivity index (χ2n) is 9.31. The van der Waals surface area contributed by atoms with Crippen LogP contribution in [0.2, 0.25) is 0 Å². The molecular weight excluding hydrogens is 496 g/mol. The SMILES string of the molecule is CCCCN1C=C(Cc2ccc(-c3ccccc3-c3noc(=O)[nH]3)cn2)C(=O)N(c2ccc(OC)cn2)C1C. The highest BCUT2D eigenvalue weighted by Crippen LogP contribution is 2.31. The molecule has 1 N–H and O–H groups in total. The Bertz CT molecular complexity index is 1520. The Kier molecular flexibility index (Phi) is 7.53. The summed E-state index contributed by atoms with van der Waals surface area (Å²) in [5.41, 5.74) is 3.84. The van der Waals surface area contributed by atoms with Gasteiger partial charge in [-0.05, 0) is 37.1 Å². The smallest absolute Gasteiger partial charge is 0.439 e. The maximum absolute atomic E-state index is 13.7. The second kappa shape index (κ2) is 11.3. The summed E-state index contributed by atoms with van der Waals surface area (Å²) in [6.07, 6.45) is 7.61. The minimum Gasteiger partial charge on any atom is -0.495 e. The molecular formula is C29H30N6O4. The summed E-state index contributed by atoms with van der Waals surface area (Å²) in [6, 6.07) is 15.0. The van der Waals surface area contributed by atoms with Crippen LogP contribution in [-0.2, 0) is 11.2 Å². The molecule has 0 bridgehead atoms. The molecule has 200 valence electrons. The monoisotopic (exact) mass is 526 g/mol. The van der Waals surface area contributed by atoms with Crippen LogP contribution in [-0.4, -0.2) is 50.7 Å². The zero-order valence-corrected chi connectivity index (χ0v) is 22.1. The summed E-state index contributed by atoms with van der Waals surface area (Å²) in [7, 11) is 1.59. The van der Waals surface area contributed by atoms with Crippen LogP contribution in [0.15, 0.2) is 82.0 Å². The average molecular weight is 527 g/mol. The van der Waals surface area contributed by atoms with Crippen LogP contribution in [0.3, 0.4) is 0 Å². The van der Waals surface area contributed by atoms with E-state index in [9.17, 15) is 9.59 Å². The van der Waals surface area contributed by atoms with E-state index in [0.29, 0.717) is 29.4 Å². The lowest BCUT2D eigenvalue weighted by molar-refractivity contribution is -0.117. The van der Waals surface area contributed by atoms with Crippen LogP contribution in [0.4, 0.5) is 5.82 Å². The predicted octanol–water partition coefficient (Wildman–Crippen LogP) is 4.42. The molecule has 1 aliphatic heterocycles. The summed E-state index contributed by atoms with van der Waals surface area (Å²) in [5.74, 6) is 0.853. The van der Waals surface area contributed by atoms with Crippen molar-refractivity contribution in [1.29, 1.82) is 0 Å². The van der Waals surface area contributed by atoms with E-state index >= 15 is 0 Å². The average Bonchev–Trinajstić information content (AvgIpc) is 3.41. The van der Waals surface area contributed by atoms with Gasteiger partial charge in [0.15, 0.2) is 5.82 Å². The Balaban J connectivity index is 1.42. The molecule has 0 radical (unpaired) electrons. The molecule has 0 aliphatic carbocycles. The van der Waals surface area contributed by atoms with Gasteiger partial charge in [0, 0.05) is 47.8 Å². The Hall–Kier alpha value is -4.73. The number of ether oxygens (including phenoxy) is 1. The summed E-state index contributed by atoms with van der Waals surface area (Å²) >= 11 is 0. The van der Waals surface area contributed by atoms with Gasteiger partial charge in [-0.2, -0.15) is 0 Å². The van der Waals surface area contributed by atoms with Crippen LogP contribution >= 0.6 is 0 Å². The van der Waals surface area contributed by atoms with Crippen molar-refractivity contribution >= 4 is 11.7 Å². The lowest BCUT2D eigenvalue weighted by Crippen LogP contribution is -2.52. The zero-order valence-electron chi connectivity index (χ0n) is 22.1. The van der Waals surface area contributed by atoms with Gasteiger partial charge in [-0.3, -0.25) is 24.2 Å². The fraction of sp³-hybridized carbons (Fsp3) is 0.276. The van der Waals surface area contributed by atoms with Crippen molar-refractivity contribution < 1.29 is 14.1 Å². The number of anilines is 1. The molecule has 1 atom stereocenters. The highest BCUT2D eigenvalue weighted by molar-refractivity contribution is 6.06. The number of unbranched alkanes of at least 4 members (excludes halogenated alkanes) is 1. The first kappa shape index (κ1) is 25.9. The lowest BCUT2D eigenvalue weighted by atomic mass is 9.99. The first-order chi connectivity index (χ1) is 19.0. The molecule has 4 aromatic rings. The fourth-order valence-corrected chi connectivity index (χ4v) is 4.65. The first-order valence-electron chi connectivity index (χ1n) is 12.9. The number of hydrogen-bond donors (Lipinski definition) is 1. The number of H-pyrrole nitrogens is 1. The Morgan fingerprint density at radius 3 is 2.49 bits per heavy atom. The van der Waals surface area contributed by atoms with Crippen LogP contribution < -0.4 is 15.4 Å². The van der Waals surface area contributed by atoms with Crippen molar-refractivity contribution in [3.63, 3.8) is 0 Å². The third-order valence-electron chi connectivity index (χ3n) is 6.77. The van der Waals surface area contributed by atoms with E-state index in [-0.39, 0.29) is 12.1 Å². The normalized spacial score (nSPS) is 15.4. The van der Waals surface area contributed by atoms with Crippen molar-refractivity contribution in [3.05, 3.63) is 88.9 Å². The van der Waals surface area contributed by atoms with Gasteiger partial charge in [-0.15, -0.1) is 0 Å². The van der Waals surface area contributed by atoms with Crippen molar-refractivity contribution in [1.82, 2.24) is 25.0 Å². The number of hydrogen-bond acceptors (Lipinski definition) is 8. The predicted molar refractivity (Wildman–Crippen MR) is 147 cm³/mol. The van der Waals surface area contributed by atoms with Crippen LogP contribution in [0.1, 0.15) is 32.4 Å². The minimum absolute atomic E-state index is 0.0980. The molecule has 10 nitrogen and oxygen atoms in total. The van der Waals surface area contributed by atoms with Crippen molar-refractivity contribution in [2.45, 2.75) is 39.3 Å². The van der Waals surface area contributed by atoms with E-state index in [0.717, 1.165) is 41.8 Å². The van der Waals surface area contributed by atoms with Gasteiger partial charge in [0.1, 0.15) is 17.7 Å². The second-order valence-corrected chi connectivity index (χ2v) is 9.31. The number of pyridine rings is 2. The Morgan fingerprint density at radius 1 is 1.03 bits per heavy atom. The number of rotatable bonds is 9. The van der Waals surface area contributed by atoms with Crippen molar-refractivity contribution in [2.24, 2.45) is 0 Å². The number of methoxy groups -OCH3 is 1. The zero-order chi connectivity index (χ0) is 27.4. The molecule has 39 heavy (non-hydrogen) atoms. The topological polar surface area (TPSA) is 117 Å². The van der Waals surface area contributed by atoms with Gasteiger partial charge in [-0.25, -0.2) is 9.78 Å². The standard InChI is InChI=1S/C29H30N6O4/c1-4-5-14-34-18-21(28(36)35(19(34)2)26-13-12-23(38-3)17-31-26)15-22-11-10-20(16-30-22)24-8-6-7-9-25(24)27-32-29(37)39-33-27/h6-13,16-19H,4-5,14-15H2,1-3H3,(H,32,33,37). The minimum atomic E-state index is -0.611. The van der Waals surface area contributed by atoms with Gasteiger partial charge < -0.3 is 9.64 Å². The number of amides is 1. The Morgan fingerprint density at radius 2 is 1.85 bits per heavy atom. The van der Waals surface area contributed by atoms with Crippen molar-refractivity contribution in [2.75, 3.05) is 18.6 Å². The number of aromatic amines is 1. The highest BCUT2D eigenvalue weighted by Gasteiger charge is 2.33. The summed E-state index contributed by atoms with van der Waals surface area (Å²) in [4.78, 5) is 40.8. The molecule has 0 spiro atoms. The van der Waals surface area contributed by atoms with Crippen molar-refractivity contribution in [3.8, 4) is 28.3 Å². The number of nitrogens with one attached hydrogen (secondary N) is 1. The molecule has 0 saturated heterocycles. The summed E-state index contributed by atoms with van der Waals surface area (Å²) in [6.45, 7) is 4.99. The van der Waals surface area contributed by atoms with E-state index in [1.165, 1.54) is 0 Å². The third kappa shape index (κ3) is 5.45. The van der Waals surface area contributed by atoms with Crippen LogP contribution in [0.5, 0.6) is 5.75 Å². The molecule has 0 fully saturated rings. The van der Waals surface area contributed by atoms with Gasteiger partial charge in [0.05, 0.1) is 13.3 Å². The summed E-state index contributed by atoms with van der Waals surface area (Å²) in [5, 5.41) is 3.82.